The van der Waals surface area contributed by atoms with Gasteiger partial charge in [0.05, 0.1) is 29.3 Å². The van der Waals surface area contributed by atoms with Crippen molar-refractivity contribution in [2.24, 2.45) is 5.41 Å². The second-order valence-corrected chi connectivity index (χ2v) is 12.6. The van der Waals surface area contributed by atoms with Crippen LogP contribution in [0.5, 0.6) is 5.75 Å². The van der Waals surface area contributed by atoms with E-state index in [9.17, 15) is 19.5 Å². The Morgan fingerprint density at radius 2 is 1.86 bits per heavy atom. The first-order chi connectivity index (χ1) is 20.0. The number of β-amino-alcohol motifs (C(OH)–C–C–N with tert-alkyl or cyclic N) is 1. The smallest absolute Gasteiger partial charge is 0.246 e. The molecule has 2 heterocycles. The number of hydrogen-bond acceptors (Lipinski definition) is 7. The number of aryl methyl sites for hydroxylation is 2. The molecule has 3 atom stereocenters. The Bertz CT molecular complexity index is 1400. The van der Waals surface area contributed by atoms with Crippen LogP contribution in [-0.2, 0) is 27.3 Å². The predicted octanol–water partition coefficient (Wildman–Crippen LogP) is 3.87. The fourth-order valence-corrected chi connectivity index (χ4v) is 5.98. The quantitative estimate of drug-likeness (QED) is 0.329. The molecule has 0 bridgehead atoms. The molecule has 1 unspecified atom stereocenters. The number of likely N-dealkylation sites (tertiary alicyclic amines) is 1. The monoisotopic (exact) mass is 592 g/mol. The Balaban J connectivity index is 1.39. The van der Waals surface area contributed by atoms with Crippen molar-refractivity contribution in [3.05, 3.63) is 70.9 Å². The van der Waals surface area contributed by atoms with E-state index in [4.69, 9.17) is 4.74 Å². The Morgan fingerprint density at radius 1 is 1.14 bits per heavy atom. The molecule has 1 aliphatic heterocycles. The number of amides is 3. The molecule has 0 spiro atoms. The van der Waals surface area contributed by atoms with Gasteiger partial charge in [-0.05, 0) is 41.5 Å². The zero-order chi connectivity index (χ0) is 30.4. The van der Waals surface area contributed by atoms with Crippen molar-refractivity contribution in [2.45, 2.75) is 71.7 Å². The maximum atomic E-state index is 13.8. The number of nitrogens with one attached hydrogen (secondary N) is 2. The van der Waals surface area contributed by atoms with Crippen LogP contribution >= 0.6 is 11.3 Å². The molecule has 2 aromatic carbocycles. The van der Waals surface area contributed by atoms with Crippen molar-refractivity contribution in [2.75, 3.05) is 13.7 Å². The van der Waals surface area contributed by atoms with Crippen LogP contribution in [0.1, 0.15) is 50.4 Å². The molecule has 3 amide bonds. The van der Waals surface area contributed by atoms with E-state index in [1.54, 1.807) is 18.4 Å². The normalized spacial score (nSPS) is 17.5. The number of benzene rings is 2. The molecule has 42 heavy (non-hydrogen) atoms. The lowest BCUT2D eigenvalue weighted by Gasteiger charge is -2.35. The molecule has 0 radical (unpaired) electrons. The number of thiazole rings is 1. The molecular weight excluding hydrogens is 552 g/mol. The summed E-state index contributed by atoms with van der Waals surface area (Å²) < 4.78 is 5.38. The van der Waals surface area contributed by atoms with Crippen molar-refractivity contribution in [1.82, 2.24) is 20.5 Å². The van der Waals surface area contributed by atoms with Gasteiger partial charge in [-0.2, -0.15) is 0 Å². The molecule has 1 saturated heterocycles. The SMILES string of the molecule is COc1ccccc1CCC(=O)NC(C(=O)N1C[C@H](O)C[C@H]1C(=O)NCc1ccc(-c2scnc2C)cc1)C(C)(C)C. The fraction of sp³-hybridized carbons (Fsp3) is 0.438. The third-order valence-electron chi connectivity index (χ3n) is 7.53. The van der Waals surface area contributed by atoms with Gasteiger partial charge in [-0.1, -0.05) is 63.2 Å². The molecule has 0 aliphatic carbocycles. The number of carbonyl (C=O) groups excluding carboxylic acids is 3. The molecule has 1 fully saturated rings. The van der Waals surface area contributed by atoms with E-state index in [0.717, 1.165) is 27.3 Å². The van der Waals surface area contributed by atoms with E-state index in [0.29, 0.717) is 12.2 Å². The molecule has 3 aromatic rings. The first-order valence-corrected chi connectivity index (χ1v) is 15.0. The summed E-state index contributed by atoms with van der Waals surface area (Å²) >= 11 is 1.58. The molecule has 9 nitrogen and oxygen atoms in total. The third kappa shape index (κ3) is 7.54. The number of ether oxygens (including phenoxy) is 1. The van der Waals surface area contributed by atoms with Crippen LogP contribution < -0.4 is 15.4 Å². The summed E-state index contributed by atoms with van der Waals surface area (Å²) in [6.07, 6.45) is -0.0546. The number of carbonyl (C=O) groups is 3. The van der Waals surface area contributed by atoms with Crippen molar-refractivity contribution < 1.29 is 24.2 Å². The Kier molecular flexibility index (Phi) is 10.0. The van der Waals surface area contributed by atoms with Crippen LogP contribution in [0, 0.1) is 12.3 Å². The number of aliphatic hydroxyl groups excluding tert-OH is 1. The van der Waals surface area contributed by atoms with Crippen molar-refractivity contribution >= 4 is 29.1 Å². The first-order valence-electron chi connectivity index (χ1n) is 14.1. The molecule has 3 N–H and O–H groups in total. The van der Waals surface area contributed by atoms with Gasteiger partial charge in [0.2, 0.25) is 17.7 Å². The zero-order valence-electron chi connectivity index (χ0n) is 24.8. The molecule has 1 aliphatic rings. The highest BCUT2D eigenvalue weighted by molar-refractivity contribution is 7.13. The predicted molar refractivity (Wildman–Crippen MR) is 163 cm³/mol. The third-order valence-corrected chi connectivity index (χ3v) is 8.50. The standard InChI is InChI=1S/C32H40N4O5S/c1-20-28(42-19-34-20)23-12-10-21(11-13-23)17-33-30(39)25-16-24(37)18-36(25)31(40)29(32(2,3)4)35-27(38)15-14-22-8-6-7-9-26(22)41-5/h6-13,19,24-25,29,37H,14-18H2,1-5H3,(H,33,39)(H,35,38)/t24-,25+,29?/m1/s1. The van der Waals surface area contributed by atoms with Crippen LogP contribution in [0.4, 0.5) is 0 Å². The summed E-state index contributed by atoms with van der Waals surface area (Å²) in [6, 6.07) is 13.7. The van der Waals surface area contributed by atoms with Gasteiger partial charge in [0, 0.05) is 25.9 Å². The summed E-state index contributed by atoms with van der Waals surface area (Å²) in [7, 11) is 1.59. The summed E-state index contributed by atoms with van der Waals surface area (Å²) in [5, 5.41) is 16.3. The first kappa shape index (κ1) is 31.2. The minimum Gasteiger partial charge on any atom is -0.496 e. The highest BCUT2D eigenvalue weighted by Gasteiger charge is 2.44. The molecule has 4 rings (SSSR count). The molecule has 1 aromatic heterocycles. The van der Waals surface area contributed by atoms with Crippen LogP contribution in [0.25, 0.3) is 10.4 Å². The van der Waals surface area contributed by atoms with Gasteiger partial charge in [-0.25, -0.2) is 4.98 Å². The largest absolute Gasteiger partial charge is 0.496 e. The number of nitrogens with zero attached hydrogens (tertiary/aromatic N) is 2. The summed E-state index contributed by atoms with van der Waals surface area (Å²) in [6.45, 7) is 7.90. The van der Waals surface area contributed by atoms with E-state index in [1.165, 1.54) is 4.90 Å². The lowest BCUT2D eigenvalue weighted by atomic mass is 9.85. The van der Waals surface area contributed by atoms with Crippen LogP contribution in [-0.4, -0.2) is 64.6 Å². The van der Waals surface area contributed by atoms with Gasteiger partial charge < -0.3 is 25.4 Å². The number of aliphatic hydroxyl groups is 1. The molecule has 224 valence electrons. The van der Waals surface area contributed by atoms with E-state index >= 15 is 0 Å². The Morgan fingerprint density at radius 3 is 2.50 bits per heavy atom. The highest BCUT2D eigenvalue weighted by Crippen LogP contribution is 2.28. The maximum absolute atomic E-state index is 13.8. The van der Waals surface area contributed by atoms with Gasteiger partial charge in [-0.15, -0.1) is 11.3 Å². The van der Waals surface area contributed by atoms with Crippen molar-refractivity contribution in [1.29, 1.82) is 0 Å². The number of methoxy groups -OCH3 is 1. The van der Waals surface area contributed by atoms with Gasteiger partial charge in [0.1, 0.15) is 17.8 Å². The highest BCUT2D eigenvalue weighted by atomic mass is 32.1. The second kappa shape index (κ2) is 13.5. The van der Waals surface area contributed by atoms with Gasteiger partial charge >= 0.3 is 0 Å². The zero-order valence-corrected chi connectivity index (χ0v) is 25.7. The molecular formula is C32H40N4O5S. The van der Waals surface area contributed by atoms with Crippen LogP contribution in [0.2, 0.25) is 0 Å². The Hall–Kier alpha value is -3.76. The maximum Gasteiger partial charge on any atom is 0.246 e. The topological polar surface area (TPSA) is 121 Å². The molecule has 10 heteroatoms. The van der Waals surface area contributed by atoms with E-state index in [-0.39, 0.29) is 43.7 Å². The minimum absolute atomic E-state index is 0.0312. The summed E-state index contributed by atoms with van der Waals surface area (Å²) in [5.74, 6) is -0.280. The van der Waals surface area contributed by atoms with Gasteiger partial charge in [-0.3, -0.25) is 14.4 Å². The van der Waals surface area contributed by atoms with Crippen LogP contribution in [0.15, 0.2) is 54.0 Å². The van der Waals surface area contributed by atoms with E-state index < -0.39 is 23.6 Å². The number of hydrogen-bond donors (Lipinski definition) is 3. The number of rotatable bonds is 10. The van der Waals surface area contributed by atoms with Crippen LogP contribution in [0.3, 0.4) is 0 Å². The average molecular weight is 593 g/mol. The number of aromatic nitrogens is 1. The second-order valence-electron chi connectivity index (χ2n) is 11.8. The fourth-order valence-electron chi connectivity index (χ4n) is 5.17. The summed E-state index contributed by atoms with van der Waals surface area (Å²) in [4.78, 5) is 46.9. The van der Waals surface area contributed by atoms with E-state index in [1.807, 2.05) is 81.7 Å². The lowest BCUT2D eigenvalue weighted by Crippen LogP contribution is -2.57. The van der Waals surface area contributed by atoms with Crippen molar-refractivity contribution in [3.8, 4) is 16.2 Å². The van der Waals surface area contributed by atoms with Gasteiger partial charge in [0.15, 0.2) is 0 Å². The van der Waals surface area contributed by atoms with Crippen molar-refractivity contribution in [3.63, 3.8) is 0 Å². The van der Waals surface area contributed by atoms with E-state index in [2.05, 4.69) is 15.6 Å². The molecule has 0 saturated carbocycles. The minimum atomic E-state index is -0.869. The number of para-hydroxylation sites is 1. The Labute approximate surface area is 251 Å². The lowest BCUT2D eigenvalue weighted by molar-refractivity contribution is -0.144. The average Bonchev–Trinajstić information content (AvgIpc) is 3.58. The van der Waals surface area contributed by atoms with Gasteiger partial charge in [0.25, 0.3) is 0 Å². The summed E-state index contributed by atoms with van der Waals surface area (Å²) in [5.41, 5.74) is 5.07.